The third-order valence-corrected chi connectivity index (χ3v) is 5.82. The van der Waals surface area contributed by atoms with Gasteiger partial charge in [0.1, 0.15) is 17.8 Å². The molecule has 1 fully saturated rings. The van der Waals surface area contributed by atoms with Crippen LogP contribution < -0.4 is 5.32 Å². The standard InChI is InChI=1S/C21H32N6O3/c1-20(2,3)17(19(30)26-12-14(28)11-15(26)18(29)22-6)27-13-16(23-24-27)21(4,5)25-9-7-8-10-25/h7-10,13-15,17,28H,11-12H2,1-6H3,(H,22,29)/t14?,15-,17?/m1/s1. The Balaban J connectivity index is 1.95. The van der Waals surface area contributed by atoms with Crippen LogP contribution in [0.2, 0.25) is 0 Å². The Morgan fingerprint density at radius 2 is 1.83 bits per heavy atom. The number of amides is 2. The molecule has 3 rings (SSSR count). The number of hydrogen-bond acceptors (Lipinski definition) is 5. The zero-order valence-corrected chi connectivity index (χ0v) is 18.5. The van der Waals surface area contributed by atoms with E-state index >= 15 is 0 Å². The second-order valence-corrected chi connectivity index (χ2v) is 9.51. The van der Waals surface area contributed by atoms with Gasteiger partial charge in [0.15, 0.2) is 0 Å². The highest BCUT2D eigenvalue weighted by molar-refractivity contribution is 5.90. The highest BCUT2D eigenvalue weighted by Crippen LogP contribution is 2.35. The van der Waals surface area contributed by atoms with Crippen LogP contribution in [-0.4, -0.2) is 67.1 Å². The van der Waals surface area contributed by atoms with E-state index in [-0.39, 0.29) is 24.8 Å². The lowest BCUT2D eigenvalue weighted by Crippen LogP contribution is -2.49. The van der Waals surface area contributed by atoms with Gasteiger partial charge in [0, 0.05) is 32.4 Å². The third-order valence-electron chi connectivity index (χ3n) is 5.82. The number of likely N-dealkylation sites (tertiary alicyclic amines) is 1. The van der Waals surface area contributed by atoms with E-state index in [2.05, 4.69) is 15.6 Å². The first kappa shape index (κ1) is 22.0. The van der Waals surface area contributed by atoms with Gasteiger partial charge in [-0.25, -0.2) is 4.68 Å². The van der Waals surface area contributed by atoms with Crippen molar-refractivity contribution >= 4 is 11.8 Å². The first-order chi connectivity index (χ1) is 14.0. The molecule has 2 amide bonds. The Morgan fingerprint density at radius 3 is 2.40 bits per heavy atom. The summed E-state index contributed by atoms with van der Waals surface area (Å²) >= 11 is 0. The predicted octanol–water partition coefficient (Wildman–Crippen LogP) is 1.16. The average Bonchev–Trinajstić information content (AvgIpc) is 3.40. The summed E-state index contributed by atoms with van der Waals surface area (Å²) in [4.78, 5) is 27.4. The van der Waals surface area contributed by atoms with Gasteiger partial charge in [-0.15, -0.1) is 5.10 Å². The Bertz CT molecular complexity index is 896. The number of nitrogens with one attached hydrogen (secondary N) is 1. The molecule has 9 heteroatoms. The highest BCUT2D eigenvalue weighted by Gasteiger charge is 2.45. The Hall–Kier alpha value is -2.68. The van der Waals surface area contributed by atoms with E-state index < -0.39 is 29.1 Å². The van der Waals surface area contributed by atoms with E-state index in [9.17, 15) is 14.7 Å². The molecule has 2 aromatic rings. The van der Waals surface area contributed by atoms with Crippen LogP contribution in [0.4, 0.5) is 0 Å². The summed E-state index contributed by atoms with van der Waals surface area (Å²) < 4.78 is 3.63. The van der Waals surface area contributed by atoms with Crippen LogP contribution in [0.1, 0.15) is 52.8 Å². The van der Waals surface area contributed by atoms with Gasteiger partial charge in [-0.2, -0.15) is 0 Å². The normalized spacial score (nSPS) is 21.0. The molecule has 0 aliphatic carbocycles. The van der Waals surface area contributed by atoms with Gasteiger partial charge < -0.3 is 19.9 Å². The molecule has 0 spiro atoms. The highest BCUT2D eigenvalue weighted by atomic mass is 16.3. The third kappa shape index (κ3) is 3.98. The van der Waals surface area contributed by atoms with Gasteiger partial charge >= 0.3 is 0 Å². The Labute approximate surface area is 177 Å². The molecule has 3 atom stereocenters. The number of carbonyl (C=O) groups excluding carboxylic acids is 2. The molecule has 1 aliphatic heterocycles. The van der Waals surface area contributed by atoms with Gasteiger partial charge in [0.2, 0.25) is 11.8 Å². The smallest absolute Gasteiger partial charge is 0.248 e. The number of nitrogens with zero attached hydrogens (tertiary/aromatic N) is 5. The summed E-state index contributed by atoms with van der Waals surface area (Å²) in [6.45, 7) is 10.1. The van der Waals surface area contributed by atoms with Crippen LogP contribution in [0.15, 0.2) is 30.7 Å². The van der Waals surface area contributed by atoms with Gasteiger partial charge in [-0.3, -0.25) is 9.59 Å². The molecule has 9 nitrogen and oxygen atoms in total. The second kappa shape index (κ2) is 7.86. The number of rotatable bonds is 5. The average molecular weight is 417 g/mol. The number of aromatic nitrogens is 4. The summed E-state index contributed by atoms with van der Waals surface area (Å²) in [6.07, 6.45) is 5.23. The maximum atomic E-state index is 13.6. The number of carbonyl (C=O) groups is 2. The predicted molar refractivity (Wildman–Crippen MR) is 112 cm³/mol. The fraction of sp³-hybridized carbons (Fsp3) is 0.619. The SMILES string of the molecule is CNC(=O)[C@H]1CC(O)CN1C(=O)C(n1cc(C(C)(C)n2cccc2)nn1)C(C)(C)C. The van der Waals surface area contributed by atoms with Crippen LogP contribution in [-0.2, 0) is 15.1 Å². The minimum absolute atomic E-state index is 0.125. The van der Waals surface area contributed by atoms with Gasteiger partial charge in [0.25, 0.3) is 0 Å². The van der Waals surface area contributed by atoms with Crippen molar-refractivity contribution in [1.82, 2.24) is 29.8 Å². The molecule has 0 saturated carbocycles. The molecule has 1 saturated heterocycles. The molecule has 164 valence electrons. The molecule has 0 aromatic carbocycles. The summed E-state index contributed by atoms with van der Waals surface area (Å²) in [7, 11) is 1.53. The van der Waals surface area contributed by atoms with E-state index in [0.29, 0.717) is 0 Å². The van der Waals surface area contributed by atoms with Crippen LogP contribution in [0.25, 0.3) is 0 Å². The Kier molecular flexibility index (Phi) is 5.77. The lowest BCUT2D eigenvalue weighted by Gasteiger charge is -2.34. The zero-order valence-electron chi connectivity index (χ0n) is 18.5. The number of likely N-dealkylation sites (N-methyl/N-ethyl adjacent to an activating group) is 1. The van der Waals surface area contributed by atoms with Crippen LogP contribution in [0, 0.1) is 5.41 Å². The summed E-state index contributed by atoms with van der Waals surface area (Å²) in [5.41, 5.74) is -0.202. The van der Waals surface area contributed by atoms with Crippen molar-refractivity contribution in [2.45, 2.75) is 64.8 Å². The lowest BCUT2D eigenvalue weighted by atomic mass is 9.85. The Morgan fingerprint density at radius 1 is 1.20 bits per heavy atom. The fourth-order valence-corrected chi connectivity index (χ4v) is 4.03. The van der Waals surface area contributed by atoms with Crippen LogP contribution in [0.3, 0.4) is 0 Å². The molecule has 0 radical (unpaired) electrons. The van der Waals surface area contributed by atoms with Crippen molar-refractivity contribution in [3.8, 4) is 0 Å². The number of aliphatic hydroxyl groups is 1. The topological polar surface area (TPSA) is 105 Å². The molecule has 30 heavy (non-hydrogen) atoms. The summed E-state index contributed by atoms with van der Waals surface area (Å²) in [6, 6.07) is 2.54. The van der Waals surface area contributed by atoms with E-state index in [1.807, 2.05) is 63.7 Å². The fourth-order valence-electron chi connectivity index (χ4n) is 4.03. The summed E-state index contributed by atoms with van der Waals surface area (Å²) in [5.74, 6) is -0.525. The van der Waals surface area contributed by atoms with Crippen molar-refractivity contribution in [2.75, 3.05) is 13.6 Å². The molecule has 2 N–H and O–H groups in total. The number of aliphatic hydroxyl groups excluding tert-OH is 1. The number of β-amino-alcohol motifs (C(OH)–C–C–N with tert-alkyl or cyclic N) is 1. The zero-order chi connectivity index (χ0) is 22.3. The quantitative estimate of drug-likeness (QED) is 0.761. The van der Waals surface area contributed by atoms with Crippen molar-refractivity contribution in [3.63, 3.8) is 0 Å². The molecule has 0 bridgehead atoms. The first-order valence-electron chi connectivity index (χ1n) is 10.2. The summed E-state index contributed by atoms with van der Waals surface area (Å²) in [5, 5.41) is 21.4. The van der Waals surface area contributed by atoms with Gasteiger partial charge in [-0.1, -0.05) is 26.0 Å². The monoisotopic (exact) mass is 416 g/mol. The molecular formula is C21H32N6O3. The van der Waals surface area contributed by atoms with Crippen molar-refractivity contribution in [3.05, 3.63) is 36.4 Å². The number of hydrogen-bond donors (Lipinski definition) is 2. The molecule has 3 heterocycles. The van der Waals surface area contributed by atoms with Gasteiger partial charge in [0.05, 0.1) is 17.8 Å². The van der Waals surface area contributed by atoms with Crippen LogP contribution in [0.5, 0.6) is 0 Å². The largest absolute Gasteiger partial charge is 0.391 e. The first-order valence-corrected chi connectivity index (χ1v) is 10.2. The minimum atomic E-state index is -0.726. The van der Waals surface area contributed by atoms with Crippen molar-refractivity contribution in [1.29, 1.82) is 0 Å². The molecular weight excluding hydrogens is 384 g/mol. The van der Waals surface area contributed by atoms with Crippen LogP contribution >= 0.6 is 0 Å². The van der Waals surface area contributed by atoms with E-state index in [4.69, 9.17) is 0 Å². The van der Waals surface area contributed by atoms with E-state index in [0.717, 1.165) is 5.69 Å². The lowest BCUT2D eigenvalue weighted by molar-refractivity contribution is -0.144. The minimum Gasteiger partial charge on any atom is -0.391 e. The van der Waals surface area contributed by atoms with Crippen molar-refractivity contribution < 1.29 is 14.7 Å². The van der Waals surface area contributed by atoms with E-state index in [1.165, 1.54) is 11.9 Å². The molecule has 2 aromatic heterocycles. The molecule has 2 unspecified atom stereocenters. The maximum Gasteiger partial charge on any atom is 0.248 e. The van der Waals surface area contributed by atoms with Crippen molar-refractivity contribution in [2.24, 2.45) is 5.41 Å². The van der Waals surface area contributed by atoms with Gasteiger partial charge in [-0.05, 0) is 31.4 Å². The molecule has 1 aliphatic rings. The maximum absolute atomic E-state index is 13.6. The van der Waals surface area contributed by atoms with E-state index in [1.54, 1.807) is 10.9 Å². The second-order valence-electron chi connectivity index (χ2n) is 9.51.